The standard InChI is InChI=1S/C11H14N2/c1-2-3-9-6-11-5-4-10(12)8-13(11)7-9/h4-8H,2-3,12H2,1H3. The van der Waals surface area contributed by atoms with E-state index in [1.807, 2.05) is 12.3 Å². The Morgan fingerprint density at radius 3 is 2.92 bits per heavy atom. The Morgan fingerprint density at radius 1 is 1.31 bits per heavy atom. The average molecular weight is 174 g/mol. The van der Waals surface area contributed by atoms with Crippen molar-refractivity contribution in [3.63, 3.8) is 0 Å². The number of aromatic nitrogens is 1. The Kier molecular flexibility index (Phi) is 1.97. The molecule has 0 saturated carbocycles. The molecule has 0 radical (unpaired) electrons. The van der Waals surface area contributed by atoms with Crippen LogP contribution in [0.2, 0.25) is 0 Å². The summed E-state index contributed by atoms with van der Waals surface area (Å²) in [6, 6.07) is 6.20. The summed E-state index contributed by atoms with van der Waals surface area (Å²) in [4.78, 5) is 0. The van der Waals surface area contributed by atoms with Gasteiger partial charge in [-0.2, -0.15) is 0 Å². The summed E-state index contributed by atoms with van der Waals surface area (Å²) in [5.74, 6) is 0. The Balaban J connectivity index is 2.49. The van der Waals surface area contributed by atoms with Crippen molar-refractivity contribution < 1.29 is 0 Å². The van der Waals surface area contributed by atoms with E-state index in [1.165, 1.54) is 17.5 Å². The first-order valence-electron chi connectivity index (χ1n) is 4.65. The highest BCUT2D eigenvalue weighted by Crippen LogP contribution is 2.13. The molecule has 0 aliphatic heterocycles. The van der Waals surface area contributed by atoms with Crippen molar-refractivity contribution in [2.45, 2.75) is 19.8 Å². The van der Waals surface area contributed by atoms with Crippen molar-refractivity contribution >= 4 is 11.2 Å². The Labute approximate surface area is 78.0 Å². The summed E-state index contributed by atoms with van der Waals surface area (Å²) in [5.41, 5.74) is 9.10. The van der Waals surface area contributed by atoms with E-state index in [4.69, 9.17) is 5.73 Å². The van der Waals surface area contributed by atoms with E-state index < -0.39 is 0 Å². The van der Waals surface area contributed by atoms with Crippen LogP contribution in [-0.2, 0) is 6.42 Å². The molecule has 0 unspecified atom stereocenters. The largest absolute Gasteiger partial charge is 0.398 e. The van der Waals surface area contributed by atoms with Gasteiger partial charge < -0.3 is 10.1 Å². The number of anilines is 1. The molecule has 2 aromatic rings. The number of nitrogen functional groups attached to an aromatic ring is 1. The maximum absolute atomic E-state index is 5.69. The second-order valence-electron chi connectivity index (χ2n) is 3.39. The molecule has 2 heteroatoms. The van der Waals surface area contributed by atoms with Gasteiger partial charge in [0.25, 0.3) is 0 Å². The molecule has 2 rings (SSSR count). The van der Waals surface area contributed by atoms with E-state index in [-0.39, 0.29) is 0 Å². The van der Waals surface area contributed by atoms with E-state index in [0.717, 1.165) is 12.1 Å². The first-order valence-corrected chi connectivity index (χ1v) is 4.65. The molecule has 0 aromatic carbocycles. The minimum atomic E-state index is 0.811. The fourth-order valence-electron chi connectivity index (χ4n) is 1.61. The number of hydrogen-bond donors (Lipinski definition) is 1. The molecule has 13 heavy (non-hydrogen) atoms. The molecular formula is C11H14N2. The third-order valence-corrected chi connectivity index (χ3v) is 2.21. The molecule has 0 saturated heterocycles. The number of aryl methyl sites for hydroxylation is 1. The van der Waals surface area contributed by atoms with Gasteiger partial charge in [0.05, 0.1) is 0 Å². The Hall–Kier alpha value is -1.44. The number of nitrogens with two attached hydrogens (primary N) is 1. The lowest BCUT2D eigenvalue weighted by Crippen LogP contribution is -1.87. The smallest absolute Gasteiger partial charge is 0.0483 e. The van der Waals surface area contributed by atoms with Crippen LogP contribution >= 0.6 is 0 Å². The second-order valence-corrected chi connectivity index (χ2v) is 3.39. The van der Waals surface area contributed by atoms with Gasteiger partial charge in [-0.1, -0.05) is 13.3 Å². The van der Waals surface area contributed by atoms with Crippen molar-refractivity contribution in [3.8, 4) is 0 Å². The minimum Gasteiger partial charge on any atom is -0.398 e. The SMILES string of the molecule is CCCc1cc2ccc(N)cn2c1. The third-order valence-electron chi connectivity index (χ3n) is 2.21. The second kappa shape index (κ2) is 3.13. The number of nitrogens with zero attached hydrogens (tertiary/aromatic N) is 1. The molecule has 0 aliphatic rings. The summed E-state index contributed by atoms with van der Waals surface area (Å²) in [7, 11) is 0. The summed E-state index contributed by atoms with van der Waals surface area (Å²) < 4.78 is 2.08. The van der Waals surface area contributed by atoms with E-state index >= 15 is 0 Å². The van der Waals surface area contributed by atoms with E-state index in [9.17, 15) is 0 Å². The van der Waals surface area contributed by atoms with Gasteiger partial charge in [0.15, 0.2) is 0 Å². The van der Waals surface area contributed by atoms with Crippen LogP contribution in [0.5, 0.6) is 0 Å². The van der Waals surface area contributed by atoms with Crippen LogP contribution in [0, 0.1) is 0 Å². The van der Waals surface area contributed by atoms with Gasteiger partial charge in [-0.3, -0.25) is 0 Å². The van der Waals surface area contributed by atoms with Crippen molar-refractivity contribution in [3.05, 3.63) is 36.2 Å². The van der Waals surface area contributed by atoms with Gasteiger partial charge in [0.1, 0.15) is 0 Å². The third kappa shape index (κ3) is 1.52. The number of rotatable bonds is 2. The van der Waals surface area contributed by atoms with Gasteiger partial charge in [0.2, 0.25) is 0 Å². The molecule has 0 amide bonds. The zero-order valence-corrected chi connectivity index (χ0v) is 7.83. The molecule has 2 aromatic heterocycles. The Bertz CT molecular complexity index is 415. The predicted molar refractivity (Wildman–Crippen MR) is 55.8 cm³/mol. The zero-order valence-electron chi connectivity index (χ0n) is 7.83. The summed E-state index contributed by atoms with van der Waals surface area (Å²) in [6.07, 6.45) is 6.43. The summed E-state index contributed by atoms with van der Waals surface area (Å²) in [6.45, 7) is 2.19. The van der Waals surface area contributed by atoms with Crippen LogP contribution in [0.1, 0.15) is 18.9 Å². The predicted octanol–water partition coefficient (Wildman–Crippen LogP) is 2.47. The fraction of sp³-hybridized carbons (Fsp3) is 0.273. The fourth-order valence-corrected chi connectivity index (χ4v) is 1.61. The molecule has 0 aliphatic carbocycles. The average Bonchev–Trinajstić information content (AvgIpc) is 2.46. The highest BCUT2D eigenvalue weighted by Gasteiger charge is 1.97. The Morgan fingerprint density at radius 2 is 2.15 bits per heavy atom. The van der Waals surface area contributed by atoms with Crippen LogP contribution in [-0.4, -0.2) is 4.40 Å². The van der Waals surface area contributed by atoms with Gasteiger partial charge in [-0.15, -0.1) is 0 Å². The van der Waals surface area contributed by atoms with Gasteiger partial charge in [0, 0.05) is 23.6 Å². The van der Waals surface area contributed by atoms with E-state index in [1.54, 1.807) is 0 Å². The molecule has 0 atom stereocenters. The van der Waals surface area contributed by atoms with Crippen molar-refractivity contribution in [1.82, 2.24) is 4.40 Å². The molecule has 0 fully saturated rings. The molecule has 0 bridgehead atoms. The van der Waals surface area contributed by atoms with Crippen LogP contribution < -0.4 is 5.73 Å². The lowest BCUT2D eigenvalue weighted by molar-refractivity contribution is 0.920. The first kappa shape index (κ1) is 8.17. The molecular weight excluding hydrogens is 160 g/mol. The van der Waals surface area contributed by atoms with Crippen LogP contribution in [0.25, 0.3) is 5.52 Å². The summed E-state index contributed by atoms with van der Waals surface area (Å²) >= 11 is 0. The molecule has 0 spiro atoms. The molecule has 2 nitrogen and oxygen atoms in total. The maximum Gasteiger partial charge on any atom is 0.0483 e. The number of fused-ring (bicyclic) bond motifs is 1. The van der Waals surface area contributed by atoms with Crippen molar-refractivity contribution in [1.29, 1.82) is 0 Å². The normalized spacial score (nSPS) is 10.8. The maximum atomic E-state index is 5.69. The lowest BCUT2D eigenvalue weighted by Gasteiger charge is -1.94. The van der Waals surface area contributed by atoms with Crippen LogP contribution in [0.4, 0.5) is 5.69 Å². The topological polar surface area (TPSA) is 30.4 Å². The highest BCUT2D eigenvalue weighted by molar-refractivity contribution is 5.55. The number of pyridine rings is 1. The van der Waals surface area contributed by atoms with Gasteiger partial charge in [-0.25, -0.2) is 0 Å². The number of hydrogen-bond acceptors (Lipinski definition) is 1. The van der Waals surface area contributed by atoms with Crippen molar-refractivity contribution in [2.24, 2.45) is 0 Å². The molecule has 2 N–H and O–H groups in total. The molecule has 2 heterocycles. The first-order chi connectivity index (χ1) is 6.29. The minimum absolute atomic E-state index is 0.811. The van der Waals surface area contributed by atoms with Crippen molar-refractivity contribution in [2.75, 3.05) is 5.73 Å². The molecule has 68 valence electrons. The quantitative estimate of drug-likeness (QED) is 0.744. The van der Waals surface area contributed by atoms with Gasteiger partial charge in [-0.05, 0) is 30.2 Å². The van der Waals surface area contributed by atoms with Crippen LogP contribution in [0.15, 0.2) is 30.6 Å². The van der Waals surface area contributed by atoms with Gasteiger partial charge >= 0.3 is 0 Å². The van der Waals surface area contributed by atoms with E-state index in [0.29, 0.717) is 0 Å². The summed E-state index contributed by atoms with van der Waals surface area (Å²) in [5, 5.41) is 0. The highest BCUT2D eigenvalue weighted by atomic mass is 14.9. The lowest BCUT2D eigenvalue weighted by atomic mass is 10.2. The zero-order chi connectivity index (χ0) is 9.26. The van der Waals surface area contributed by atoms with Crippen LogP contribution in [0.3, 0.4) is 0 Å². The monoisotopic (exact) mass is 174 g/mol. The van der Waals surface area contributed by atoms with E-state index in [2.05, 4.69) is 29.7 Å².